The predicted octanol–water partition coefficient (Wildman–Crippen LogP) is 2.48. The van der Waals surface area contributed by atoms with Gasteiger partial charge < -0.3 is 9.73 Å². The fraction of sp³-hybridized carbons (Fsp3) is 0.571. The lowest BCUT2D eigenvalue weighted by atomic mass is 10.0. The van der Waals surface area contributed by atoms with Gasteiger partial charge in [-0.2, -0.15) is 5.10 Å². The van der Waals surface area contributed by atoms with E-state index in [1.807, 2.05) is 17.7 Å². The van der Waals surface area contributed by atoms with Gasteiger partial charge >= 0.3 is 0 Å². The van der Waals surface area contributed by atoms with Crippen LogP contribution in [0.3, 0.4) is 0 Å². The number of furan rings is 1. The number of hydrogen-bond donors (Lipinski definition) is 1. The van der Waals surface area contributed by atoms with E-state index in [2.05, 4.69) is 29.2 Å². The lowest BCUT2D eigenvalue weighted by Gasteiger charge is -2.18. The molecule has 0 aliphatic rings. The highest BCUT2D eigenvalue weighted by molar-refractivity contribution is 5.21. The van der Waals surface area contributed by atoms with Crippen molar-refractivity contribution in [2.75, 3.05) is 6.54 Å². The first-order chi connectivity index (χ1) is 9.26. The van der Waals surface area contributed by atoms with Crippen molar-refractivity contribution in [3.05, 3.63) is 35.8 Å². The minimum atomic E-state index is 0.230. The van der Waals surface area contributed by atoms with Gasteiger partial charge in [0.25, 0.3) is 0 Å². The number of hydrogen-bond acceptors (Lipinski definition) is 4. The molecular weight excluding hydrogens is 240 g/mol. The maximum absolute atomic E-state index is 5.42. The van der Waals surface area contributed by atoms with Crippen LogP contribution in [-0.4, -0.2) is 21.3 Å². The number of aryl methyl sites for hydroxylation is 2. The van der Waals surface area contributed by atoms with E-state index in [4.69, 9.17) is 4.42 Å². The Hall–Kier alpha value is -1.62. The van der Waals surface area contributed by atoms with Gasteiger partial charge in [-0.05, 0) is 32.9 Å². The van der Waals surface area contributed by atoms with Crippen LogP contribution in [0.2, 0.25) is 0 Å². The third kappa shape index (κ3) is 3.23. The van der Waals surface area contributed by atoms with Gasteiger partial charge in [-0.1, -0.05) is 6.92 Å². The van der Waals surface area contributed by atoms with Crippen LogP contribution < -0.4 is 5.32 Å². The van der Waals surface area contributed by atoms with Gasteiger partial charge in [0, 0.05) is 24.6 Å². The van der Waals surface area contributed by atoms with Gasteiger partial charge in [0.05, 0.1) is 6.26 Å². The van der Waals surface area contributed by atoms with Crippen LogP contribution in [0.4, 0.5) is 0 Å². The van der Waals surface area contributed by atoms with Gasteiger partial charge in [0.1, 0.15) is 17.9 Å². The zero-order valence-corrected chi connectivity index (χ0v) is 11.9. The van der Waals surface area contributed by atoms with Crippen molar-refractivity contribution in [2.45, 2.75) is 46.2 Å². The summed E-state index contributed by atoms with van der Waals surface area (Å²) in [5.41, 5.74) is 1.21. The lowest BCUT2D eigenvalue weighted by molar-refractivity contribution is 0.477. The summed E-state index contributed by atoms with van der Waals surface area (Å²) in [7, 11) is 0. The zero-order chi connectivity index (χ0) is 13.7. The second-order valence-electron chi connectivity index (χ2n) is 4.63. The fourth-order valence-electron chi connectivity index (χ4n) is 2.26. The van der Waals surface area contributed by atoms with Gasteiger partial charge in [0.15, 0.2) is 0 Å². The zero-order valence-electron chi connectivity index (χ0n) is 11.9. The summed E-state index contributed by atoms with van der Waals surface area (Å²) in [6, 6.07) is 2.27. The molecule has 0 radical (unpaired) electrons. The molecule has 1 atom stereocenters. The van der Waals surface area contributed by atoms with Crippen molar-refractivity contribution in [1.29, 1.82) is 0 Å². The summed E-state index contributed by atoms with van der Waals surface area (Å²) in [5.74, 6) is 1.98. The molecule has 0 amide bonds. The Morgan fingerprint density at radius 2 is 2.26 bits per heavy atom. The van der Waals surface area contributed by atoms with Gasteiger partial charge in [-0.25, -0.2) is 4.98 Å². The molecule has 0 aliphatic carbocycles. The molecule has 0 aliphatic heterocycles. The molecule has 2 heterocycles. The highest BCUT2D eigenvalue weighted by Crippen LogP contribution is 2.22. The third-order valence-electron chi connectivity index (χ3n) is 3.30. The maximum Gasteiger partial charge on any atom is 0.138 e. The van der Waals surface area contributed by atoms with Crippen LogP contribution in [-0.2, 0) is 13.0 Å². The summed E-state index contributed by atoms with van der Waals surface area (Å²) in [6.07, 6.45) is 5.30. The minimum Gasteiger partial charge on any atom is -0.469 e. The molecule has 1 unspecified atom stereocenters. The van der Waals surface area contributed by atoms with Crippen molar-refractivity contribution in [3.8, 4) is 0 Å². The average Bonchev–Trinajstić information content (AvgIpc) is 3.03. The molecule has 5 heteroatoms. The van der Waals surface area contributed by atoms with Gasteiger partial charge in [-0.3, -0.25) is 4.68 Å². The first kappa shape index (κ1) is 13.8. The summed E-state index contributed by atoms with van der Waals surface area (Å²) < 4.78 is 7.36. The number of nitrogens with zero attached hydrogens (tertiary/aromatic N) is 3. The van der Waals surface area contributed by atoms with Crippen molar-refractivity contribution >= 4 is 0 Å². The highest BCUT2D eigenvalue weighted by atomic mass is 16.3. The Morgan fingerprint density at radius 1 is 1.42 bits per heavy atom. The summed E-state index contributed by atoms with van der Waals surface area (Å²) in [6.45, 7) is 8.08. The van der Waals surface area contributed by atoms with Crippen molar-refractivity contribution < 1.29 is 4.42 Å². The predicted molar refractivity (Wildman–Crippen MR) is 73.9 cm³/mol. The van der Waals surface area contributed by atoms with Crippen LogP contribution in [0.5, 0.6) is 0 Å². The van der Waals surface area contributed by atoms with E-state index in [0.717, 1.165) is 37.5 Å². The summed E-state index contributed by atoms with van der Waals surface area (Å²) in [5, 5.41) is 7.79. The molecule has 0 saturated carbocycles. The Bertz CT molecular complexity index is 503. The third-order valence-corrected chi connectivity index (χ3v) is 3.30. The lowest BCUT2D eigenvalue weighted by Crippen LogP contribution is -2.25. The average molecular weight is 262 g/mol. The smallest absolute Gasteiger partial charge is 0.138 e. The highest BCUT2D eigenvalue weighted by Gasteiger charge is 2.18. The van der Waals surface area contributed by atoms with Crippen LogP contribution >= 0.6 is 0 Å². The van der Waals surface area contributed by atoms with Crippen LogP contribution in [0.1, 0.15) is 43.5 Å². The molecule has 2 aromatic rings. The van der Waals surface area contributed by atoms with Crippen molar-refractivity contribution in [1.82, 2.24) is 20.1 Å². The van der Waals surface area contributed by atoms with Gasteiger partial charge in [-0.15, -0.1) is 0 Å². The van der Waals surface area contributed by atoms with Crippen LogP contribution in [0.25, 0.3) is 0 Å². The number of aromatic nitrogens is 3. The van der Waals surface area contributed by atoms with E-state index in [0.29, 0.717) is 0 Å². The molecular formula is C14H22N4O. The Morgan fingerprint density at radius 3 is 2.89 bits per heavy atom. The van der Waals surface area contributed by atoms with E-state index >= 15 is 0 Å². The Balaban J connectivity index is 2.17. The van der Waals surface area contributed by atoms with E-state index < -0.39 is 0 Å². The summed E-state index contributed by atoms with van der Waals surface area (Å²) in [4.78, 5) is 4.36. The molecule has 2 rings (SSSR count). The van der Waals surface area contributed by atoms with Gasteiger partial charge in [0.2, 0.25) is 0 Å². The first-order valence-corrected chi connectivity index (χ1v) is 6.90. The quantitative estimate of drug-likeness (QED) is 0.833. The molecule has 0 bridgehead atoms. The van der Waals surface area contributed by atoms with E-state index in [1.165, 1.54) is 5.56 Å². The fourth-order valence-corrected chi connectivity index (χ4v) is 2.26. The van der Waals surface area contributed by atoms with E-state index in [-0.39, 0.29) is 6.04 Å². The molecule has 0 fully saturated rings. The van der Waals surface area contributed by atoms with E-state index in [9.17, 15) is 0 Å². The summed E-state index contributed by atoms with van der Waals surface area (Å²) >= 11 is 0. The maximum atomic E-state index is 5.42. The Labute approximate surface area is 114 Å². The monoisotopic (exact) mass is 262 g/mol. The SMILES string of the molecule is CCCNC(Cc1ncnn1CC)c1ccoc1C. The molecule has 0 saturated heterocycles. The second kappa shape index (κ2) is 6.52. The molecule has 2 aromatic heterocycles. The molecule has 1 N–H and O–H groups in total. The largest absolute Gasteiger partial charge is 0.469 e. The number of rotatable bonds is 7. The second-order valence-corrected chi connectivity index (χ2v) is 4.63. The van der Waals surface area contributed by atoms with Crippen LogP contribution in [0.15, 0.2) is 23.1 Å². The molecule has 104 valence electrons. The Kier molecular flexibility index (Phi) is 4.74. The molecule has 5 nitrogen and oxygen atoms in total. The van der Waals surface area contributed by atoms with Crippen LogP contribution in [0, 0.1) is 6.92 Å². The topological polar surface area (TPSA) is 55.9 Å². The first-order valence-electron chi connectivity index (χ1n) is 6.90. The molecule has 0 spiro atoms. The standard InChI is InChI=1S/C14H22N4O/c1-4-7-15-13(12-6-8-19-11(12)3)9-14-16-10-17-18(14)5-2/h6,8,10,13,15H,4-5,7,9H2,1-3H3. The van der Waals surface area contributed by atoms with Crippen molar-refractivity contribution in [3.63, 3.8) is 0 Å². The van der Waals surface area contributed by atoms with Crippen molar-refractivity contribution in [2.24, 2.45) is 0 Å². The number of nitrogens with one attached hydrogen (secondary N) is 1. The molecule has 19 heavy (non-hydrogen) atoms. The van der Waals surface area contributed by atoms with E-state index in [1.54, 1.807) is 12.6 Å². The normalized spacial score (nSPS) is 12.8. The molecule has 0 aromatic carbocycles. The minimum absolute atomic E-state index is 0.230.